The summed E-state index contributed by atoms with van der Waals surface area (Å²) in [6.07, 6.45) is 0. The fourth-order valence-corrected chi connectivity index (χ4v) is 5.19. The first-order chi connectivity index (χ1) is 14.4. The number of nitrogens with zero attached hydrogens (tertiary/aromatic N) is 2. The third-order valence-electron chi connectivity index (χ3n) is 6.29. The van der Waals surface area contributed by atoms with Gasteiger partial charge in [0.05, 0.1) is 16.6 Å². The molecule has 4 aromatic carbocycles. The Kier molecular flexibility index (Phi) is 2.64. The van der Waals surface area contributed by atoms with Crippen molar-refractivity contribution in [3.8, 4) is 23.3 Å². The number of nitriles is 1. The zero-order valence-corrected chi connectivity index (χ0v) is 15.4. The summed E-state index contributed by atoms with van der Waals surface area (Å²) in [4.78, 5) is 0. The highest BCUT2D eigenvalue weighted by atomic mass is 16.5. The number of ether oxygens (including phenoxy) is 1. The van der Waals surface area contributed by atoms with E-state index in [1.54, 1.807) is 0 Å². The van der Waals surface area contributed by atoms with Crippen LogP contribution in [-0.2, 0) is 0 Å². The van der Waals surface area contributed by atoms with Crippen molar-refractivity contribution in [1.82, 2.24) is 4.57 Å². The van der Waals surface area contributed by atoms with E-state index in [0.29, 0.717) is 11.3 Å². The number of para-hydroxylation sites is 3. The molecule has 3 nitrogen and oxygen atoms in total. The van der Waals surface area contributed by atoms with Crippen molar-refractivity contribution in [3.05, 3.63) is 84.4 Å². The molecule has 132 valence electrons. The maximum Gasteiger partial charge on any atom is 0.256 e. The van der Waals surface area contributed by atoms with Crippen LogP contribution < -0.4 is 21.1 Å². The molecular formula is C25H13BN2O. The summed E-state index contributed by atoms with van der Waals surface area (Å²) in [6.45, 7) is 0.0544. The number of hydrogen-bond donors (Lipinski definition) is 0. The number of aromatic nitrogens is 1. The molecule has 0 amide bonds. The van der Waals surface area contributed by atoms with E-state index in [1.807, 2.05) is 18.2 Å². The second kappa shape index (κ2) is 5.09. The molecule has 2 aliphatic heterocycles. The molecule has 1 aromatic heterocycles. The molecule has 2 aliphatic rings. The largest absolute Gasteiger partial charge is 0.457 e. The number of benzene rings is 4. The average molecular weight is 368 g/mol. The minimum atomic E-state index is 0.0544. The normalized spacial score (nSPS) is 13.0. The second-order valence-electron chi connectivity index (χ2n) is 7.66. The lowest BCUT2D eigenvalue weighted by molar-refractivity contribution is 0.486. The summed E-state index contributed by atoms with van der Waals surface area (Å²) in [5, 5.41) is 12.2. The van der Waals surface area contributed by atoms with Gasteiger partial charge in [-0.05, 0) is 40.7 Å². The lowest BCUT2D eigenvalue weighted by Crippen LogP contribution is -2.58. The van der Waals surface area contributed by atoms with Crippen LogP contribution in [0.25, 0.3) is 27.5 Å². The lowest BCUT2D eigenvalue weighted by atomic mass is 9.34. The van der Waals surface area contributed by atoms with Crippen molar-refractivity contribution >= 4 is 44.9 Å². The van der Waals surface area contributed by atoms with Gasteiger partial charge in [-0.25, -0.2) is 0 Å². The van der Waals surface area contributed by atoms with Gasteiger partial charge in [-0.15, -0.1) is 0 Å². The summed E-state index contributed by atoms with van der Waals surface area (Å²) in [6, 6.07) is 29.6. The zero-order valence-electron chi connectivity index (χ0n) is 15.4. The molecule has 0 saturated heterocycles. The zero-order chi connectivity index (χ0) is 19.1. The van der Waals surface area contributed by atoms with E-state index in [-0.39, 0.29) is 6.71 Å². The Bertz CT molecular complexity index is 1560. The molecule has 0 saturated carbocycles. The lowest BCUT2D eigenvalue weighted by Gasteiger charge is -2.33. The first-order valence-electron chi connectivity index (χ1n) is 9.73. The van der Waals surface area contributed by atoms with Gasteiger partial charge < -0.3 is 9.30 Å². The van der Waals surface area contributed by atoms with Crippen molar-refractivity contribution in [2.45, 2.75) is 0 Å². The van der Waals surface area contributed by atoms with Gasteiger partial charge in [-0.2, -0.15) is 5.26 Å². The molecule has 0 unspecified atom stereocenters. The third-order valence-corrected chi connectivity index (χ3v) is 6.29. The minimum absolute atomic E-state index is 0.0544. The monoisotopic (exact) mass is 368 g/mol. The molecule has 29 heavy (non-hydrogen) atoms. The SMILES string of the molecule is N#Cc1cc2c3ccccc3n3c2c2c1Oc1ccccc1B2c1ccccc1-3. The second-order valence-corrected chi connectivity index (χ2v) is 7.66. The summed E-state index contributed by atoms with van der Waals surface area (Å²) >= 11 is 0. The molecule has 0 bridgehead atoms. The predicted octanol–water partition coefficient (Wildman–Crippen LogP) is 3.59. The fraction of sp³-hybridized carbons (Fsp3) is 0. The average Bonchev–Trinajstić information content (AvgIpc) is 3.12. The Morgan fingerprint density at radius 3 is 2.48 bits per heavy atom. The van der Waals surface area contributed by atoms with E-state index in [4.69, 9.17) is 4.74 Å². The van der Waals surface area contributed by atoms with E-state index < -0.39 is 0 Å². The van der Waals surface area contributed by atoms with Crippen LogP contribution in [0.4, 0.5) is 0 Å². The molecule has 5 aromatic rings. The number of fused-ring (bicyclic) bond motifs is 8. The van der Waals surface area contributed by atoms with Crippen LogP contribution in [0.5, 0.6) is 11.5 Å². The van der Waals surface area contributed by atoms with Crippen LogP contribution in [0.3, 0.4) is 0 Å². The first kappa shape index (κ1) is 15.0. The van der Waals surface area contributed by atoms with Crippen LogP contribution in [0.1, 0.15) is 5.56 Å². The van der Waals surface area contributed by atoms with Crippen LogP contribution >= 0.6 is 0 Å². The predicted molar refractivity (Wildman–Crippen MR) is 117 cm³/mol. The summed E-state index contributed by atoms with van der Waals surface area (Å²) < 4.78 is 8.68. The molecule has 7 rings (SSSR count). The molecule has 4 heteroatoms. The van der Waals surface area contributed by atoms with Crippen molar-refractivity contribution in [2.75, 3.05) is 0 Å². The van der Waals surface area contributed by atoms with Gasteiger partial charge >= 0.3 is 0 Å². The van der Waals surface area contributed by atoms with Crippen molar-refractivity contribution in [2.24, 2.45) is 0 Å². The van der Waals surface area contributed by atoms with Gasteiger partial charge in [0.1, 0.15) is 17.6 Å². The maximum atomic E-state index is 9.94. The number of hydrogen-bond acceptors (Lipinski definition) is 2. The Morgan fingerprint density at radius 2 is 1.59 bits per heavy atom. The molecular weight excluding hydrogens is 355 g/mol. The summed E-state index contributed by atoms with van der Waals surface area (Å²) in [5.74, 6) is 1.53. The van der Waals surface area contributed by atoms with Gasteiger partial charge in [0, 0.05) is 16.5 Å². The van der Waals surface area contributed by atoms with E-state index in [2.05, 4.69) is 71.3 Å². The maximum absolute atomic E-state index is 9.94. The highest BCUT2D eigenvalue weighted by molar-refractivity contribution is 6.99. The van der Waals surface area contributed by atoms with Crippen LogP contribution in [0.2, 0.25) is 0 Å². The third kappa shape index (κ3) is 1.69. The van der Waals surface area contributed by atoms with Crippen molar-refractivity contribution < 1.29 is 4.74 Å². The molecule has 0 spiro atoms. The molecule has 0 aliphatic carbocycles. The summed E-state index contributed by atoms with van der Waals surface area (Å²) in [5.41, 5.74) is 7.60. The van der Waals surface area contributed by atoms with E-state index >= 15 is 0 Å². The summed E-state index contributed by atoms with van der Waals surface area (Å²) in [7, 11) is 0. The van der Waals surface area contributed by atoms with E-state index in [9.17, 15) is 5.26 Å². The van der Waals surface area contributed by atoms with E-state index in [1.165, 1.54) is 11.2 Å². The highest BCUT2D eigenvalue weighted by Crippen LogP contribution is 2.39. The fourth-order valence-electron chi connectivity index (χ4n) is 5.19. The molecule has 0 radical (unpaired) electrons. The Labute approximate surface area is 167 Å². The van der Waals surface area contributed by atoms with Gasteiger partial charge in [-0.1, -0.05) is 54.6 Å². The van der Waals surface area contributed by atoms with Gasteiger partial charge in [0.2, 0.25) is 0 Å². The molecule has 3 heterocycles. The van der Waals surface area contributed by atoms with Gasteiger partial charge in [0.15, 0.2) is 0 Å². The molecule has 0 fully saturated rings. The van der Waals surface area contributed by atoms with Crippen molar-refractivity contribution in [1.29, 1.82) is 5.26 Å². The topological polar surface area (TPSA) is 38.0 Å². The van der Waals surface area contributed by atoms with Gasteiger partial charge in [-0.3, -0.25) is 0 Å². The Morgan fingerprint density at radius 1 is 0.828 bits per heavy atom. The van der Waals surface area contributed by atoms with Crippen LogP contribution in [-0.4, -0.2) is 11.3 Å². The Hall–Kier alpha value is -3.97. The highest BCUT2D eigenvalue weighted by Gasteiger charge is 2.41. The quantitative estimate of drug-likeness (QED) is 0.384. The van der Waals surface area contributed by atoms with Gasteiger partial charge in [0.25, 0.3) is 6.71 Å². The van der Waals surface area contributed by atoms with Crippen LogP contribution in [0.15, 0.2) is 78.9 Å². The first-order valence-corrected chi connectivity index (χ1v) is 9.73. The minimum Gasteiger partial charge on any atom is -0.457 e. The molecule has 0 N–H and O–H groups in total. The standard InChI is InChI=1S/C25H13BN2O/c27-14-15-13-17-16-7-1-4-10-20(16)28-21-11-5-2-8-18(21)26-19-9-3-6-12-22(19)29-25(15)23(26)24(17)28/h1-13H. The van der Waals surface area contributed by atoms with E-state index in [0.717, 1.165) is 38.5 Å². The van der Waals surface area contributed by atoms with Crippen molar-refractivity contribution in [3.63, 3.8) is 0 Å². The smallest absolute Gasteiger partial charge is 0.256 e. The van der Waals surface area contributed by atoms with Crippen LogP contribution in [0, 0.1) is 11.3 Å². The number of rotatable bonds is 0. The molecule has 0 atom stereocenters. The Balaban J connectivity index is 1.80.